The van der Waals surface area contributed by atoms with Gasteiger partial charge in [-0.25, -0.2) is 8.78 Å². The molecule has 7 heteroatoms. The van der Waals surface area contributed by atoms with Crippen LogP contribution in [0.2, 0.25) is 0 Å². The predicted octanol–water partition coefficient (Wildman–Crippen LogP) is 7.44. The average molecular weight is 480 g/mol. The third-order valence-corrected chi connectivity index (χ3v) is 6.00. The maximum absolute atomic E-state index is 14.4. The Kier molecular flexibility index (Phi) is 6.26. The molecule has 0 atom stereocenters. The highest BCUT2D eigenvalue weighted by Crippen LogP contribution is 2.41. The average Bonchev–Trinajstić information content (AvgIpc) is 2.86. The van der Waals surface area contributed by atoms with Crippen LogP contribution in [0, 0.1) is 23.3 Å². The first-order valence-electron chi connectivity index (χ1n) is 10.5. The number of phenolic OH excluding ortho intramolecular Hbond substituents is 2. The van der Waals surface area contributed by atoms with Gasteiger partial charge in [-0.15, -0.1) is 0 Å². The summed E-state index contributed by atoms with van der Waals surface area (Å²) in [6.07, 6.45) is 0.683. The van der Waals surface area contributed by atoms with Gasteiger partial charge < -0.3 is 14.9 Å². The van der Waals surface area contributed by atoms with E-state index in [-0.39, 0.29) is 17.2 Å². The molecule has 0 unspecified atom stereocenters. The first-order valence-corrected chi connectivity index (χ1v) is 10.5. The molecule has 4 aromatic rings. The monoisotopic (exact) mass is 480 g/mol. The molecule has 0 saturated carbocycles. The molecule has 0 fully saturated rings. The number of aromatic hydroxyl groups is 2. The largest absolute Gasteiger partial charge is 0.508 e. The summed E-state index contributed by atoms with van der Waals surface area (Å²) in [5.74, 6) is -7.58. The molecular formula is C28H20F4O3. The first-order chi connectivity index (χ1) is 16.7. The van der Waals surface area contributed by atoms with Crippen molar-refractivity contribution in [1.82, 2.24) is 0 Å². The molecule has 0 aliphatic heterocycles. The lowest BCUT2D eigenvalue weighted by Crippen LogP contribution is -2.25. The summed E-state index contributed by atoms with van der Waals surface area (Å²) < 4.78 is 62.1. The third-order valence-electron chi connectivity index (χ3n) is 6.00. The van der Waals surface area contributed by atoms with Crippen LogP contribution in [-0.4, -0.2) is 10.2 Å². The van der Waals surface area contributed by atoms with E-state index < -0.39 is 40.0 Å². The van der Waals surface area contributed by atoms with Gasteiger partial charge in [0.1, 0.15) is 17.2 Å². The fourth-order valence-corrected chi connectivity index (χ4v) is 3.96. The van der Waals surface area contributed by atoms with Crippen LogP contribution in [0.1, 0.15) is 29.2 Å². The van der Waals surface area contributed by atoms with Crippen LogP contribution in [0.25, 0.3) is 6.08 Å². The Morgan fingerprint density at radius 2 is 1.03 bits per heavy atom. The molecule has 35 heavy (non-hydrogen) atoms. The lowest BCUT2D eigenvalue weighted by atomic mass is 9.71. The molecule has 2 N–H and O–H groups in total. The van der Waals surface area contributed by atoms with Gasteiger partial charge in [0.25, 0.3) is 0 Å². The van der Waals surface area contributed by atoms with E-state index in [1.54, 1.807) is 60.7 Å². The van der Waals surface area contributed by atoms with Crippen molar-refractivity contribution in [2.24, 2.45) is 0 Å². The van der Waals surface area contributed by atoms with Crippen molar-refractivity contribution in [3.8, 4) is 23.0 Å². The Labute approximate surface area is 199 Å². The maximum atomic E-state index is 14.4. The number of hydrogen-bond acceptors (Lipinski definition) is 3. The summed E-state index contributed by atoms with van der Waals surface area (Å²) in [7, 11) is 0. The second kappa shape index (κ2) is 9.18. The Hall–Kier alpha value is -4.26. The molecule has 178 valence electrons. The molecule has 4 rings (SSSR count). The van der Waals surface area contributed by atoms with Crippen molar-refractivity contribution in [2.75, 3.05) is 0 Å². The lowest BCUT2D eigenvalue weighted by Gasteiger charge is -2.32. The van der Waals surface area contributed by atoms with Gasteiger partial charge >= 0.3 is 0 Å². The van der Waals surface area contributed by atoms with Crippen LogP contribution in [0.4, 0.5) is 17.6 Å². The van der Waals surface area contributed by atoms with Crippen LogP contribution >= 0.6 is 0 Å². The number of halogens is 4. The highest BCUT2D eigenvalue weighted by molar-refractivity contribution is 5.54. The van der Waals surface area contributed by atoms with E-state index in [0.29, 0.717) is 6.08 Å². The number of ether oxygens (including phenoxy) is 1. The van der Waals surface area contributed by atoms with Gasteiger partial charge in [0.2, 0.25) is 17.4 Å². The van der Waals surface area contributed by atoms with Crippen LogP contribution in [0.5, 0.6) is 23.0 Å². The van der Waals surface area contributed by atoms with Crippen LogP contribution < -0.4 is 4.74 Å². The smallest absolute Gasteiger partial charge is 0.205 e. The quantitative estimate of drug-likeness (QED) is 0.171. The normalized spacial score (nSPS) is 11.3. The summed E-state index contributed by atoms with van der Waals surface area (Å²) >= 11 is 0. The van der Waals surface area contributed by atoms with Gasteiger partial charge in [-0.3, -0.25) is 0 Å². The van der Waals surface area contributed by atoms with Crippen molar-refractivity contribution in [3.63, 3.8) is 0 Å². The summed E-state index contributed by atoms with van der Waals surface area (Å²) in [6.45, 7) is 5.09. The molecule has 0 aliphatic rings. The topological polar surface area (TPSA) is 49.7 Å². The minimum absolute atomic E-state index is 0.0459. The van der Waals surface area contributed by atoms with Gasteiger partial charge in [0.05, 0.1) is 5.56 Å². The standard InChI is InChI=1S/C28H20F4O3/c1-3-22-23(29)25(31)27(26(32)24(22)30)35-21-14-8-18(9-15-21)28(2,16-4-10-19(33)11-5-16)17-6-12-20(34)13-7-17/h3-15,33-34H,1H2,2H3. The van der Waals surface area contributed by atoms with E-state index in [1.807, 2.05) is 6.92 Å². The second-order valence-electron chi connectivity index (χ2n) is 8.05. The summed E-state index contributed by atoms with van der Waals surface area (Å²) in [6, 6.07) is 19.3. The van der Waals surface area contributed by atoms with E-state index in [9.17, 15) is 27.8 Å². The van der Waals surface area contributed by atoms with Crippen LogP contribution in [0.15, 0.2) is 79.4 Å². The highest BCUT2D eigenvalue weighted by atomic mass is 19.2. The summed E-state index contributed by atoms with van der Waals surface area (Å²) in [5.41, 5.74) is 0.690. The SMILES string of the molecule is C=Cc1c(F)c(F)c(Oc2ccc(C(C)(c3ccc(O)cc3)c3ccc(O)cc3)cc2)c(F)c1F. The molecule has 4 aromatic carbocycles. The van der Waals surface area contributed by atoms with Crippen molar-refractivity contribution >= 4 is 6.08 Å². The summed E-state index contributed by atoms with van der Waals surface area (Å²) in [4.78, 5) is 0. The number of hydrogen-bond donors (Lipinski definition) is 2. The molecule has 0 spiro atoms. The number of phenols is 2. The molecule has 0 aliphatic carbocycles. The van der Waals surface area contributed by atoms with Gasteiger partial charge in [-0.05, 0) is 60.0 Å². The lowest BCUT2D eigenvalue weighted by molar-refractivity contribution is 0.365. The second-order valence-corrected chi connectivity index (χ2v) is 8.05. The number of rotatable bonds is 6. The van der Waals surface area contributed by atoms with Crippen molar-refractivity contribution in [3.05, 3.63) is 125 Å². The molecule has 0 amide bonds. The van der Waals surface area contributed by atoms with E-state index in [1.165, 1.54) is 12.1 Å². The molecule has 0 bridgehead atoms. The van der Waals surface area contributed by atoms with Crippen molar-refractivity contribution in [1.29, 1.82) is 0 Å². The zero-order valence-corrected chi connectivity index (χ0v) is 18.5. The molecule has 0 saturated heterocycles. The van der Waals surface area contributed by atoms with Gasteiger partial charge in [0, 0.05) is 5.41 Å². The molecular weight excluding hydrogens is 460 g/mol. The Balaban J connectivity index is 1.76. The maximum Gasteiger partial charge on any atom is 0.205 e. The minimum atomic E-state index is -1.67. The fourth-order valence-electron chi connectivity index (χ4n) is 3.96. The Morgan fingerprint density at radius 1 is 0.657 bits per heavy atom. The minimum Gasteiger partial charge on any atom is -0.508 e. The van der Waals surface area contributed by atoms with Crippen LogP contribution in [-0.2, 0) is 5.41 Å². The molecule has 0 radical (unpaired) electrons. The van der Waals surface area contributed by atoms with E-state index in [4.69, 9.17) is 4.74 Å². The molecule has 3 nitrogen and oxygen atoms in total. The van der Waals surface area contributed by atoms with E-state index in [2.05, 4.69) is 6.58 Å². The number of benzene rings is 4. The predicted molar refractivity (Wildman–Crippen MR) is 125 cm³/mol. The van der Waals surface area contributed by atoms with Crippen molar-refractivity contribution < 1.29 is 32.5 Å². The molecule has 0 heterocycles. The Bertz CT molecular complexity index is 1310. The first kappa shape index (κ1) is 23.9. The highest BCUT2D eigenvalue weighted by Gasteiger charge is 2.32. The van der Waals surface area contributed by atoms with E-state index in [0.717, 1.165) is 16.7 Å². The zero-order valence-electron chi connectivity index (χ0n) is 18.5. The zero-order chi connectivity index (χ0) is 25.3. The van der Waals surface area contributed by atoms with Gasteiger partial charge in [-0.1, -0.05) is 49.1 Å². The summed E-state index contributed by atoms with van der Waals surface area (Å²) in [5, 5.41) is 19.4. The molecule has 0 aromatic heterocycles. The Morgan fingerprint density at radius 3 is 1.40 bits per heavy atom. The van der Waals surface area contributed by atoms with E-state index >= 15 is 0 Å². The van der Waals surface area contributed by atoms with Gasteiger partial charge in [-0.2, -0.15) is 8.78 Å². The van der Waals surface area contributed by atoms with Crippen LogP contribution in [0.3, 0.4) is 0 Å². The van der Waals surface area contributed by atoms with Gasteiger partial charge in [0.15, 0.2) is 11.6 Å². The third kappa shape index (κ3) is 4.21. The van der Waals surface area contributed by atoms with Crippen molar-refractivity contribution in [2.45, 2.75) is 12.3 Å². The fraction of sp³-hybridized carbons (Fsp3) is 0.0714.